The smallest absolute Gasteiger partial charge is 0.222 e. The molecule has 156 valence electrons. The van der Waals surface area contributed by atoms with Gasteiger partial charge in [0.05, 0.1) is 6.61 Å². The summed E-state index contributed by atoms with van der Waals surface area (Å²) in [6, 6.07) is 9.91. The van der Waals surface area contributed by atoms with Crippen LogP contribution >= 0.6 is 0 Å². The van der Waals surface area contributed by atoms with E-state index in [4.69, 9.17) is 4.74 Å². The number of piperidine rings is 1. The van der Waals surface area contributed by atoms with Gasteiger partial charge in [0.15, 0.2) is 0 Å². The summed E-state index contributed by atoms with van der Waals surface area (Å²) < 4.78 is 5.67. The van der Waals surface area contributed by atoms with E-state index < -0.39 is 0 Å². The summed E-state index contributed by atoms with van der Waals surface area (Å²) in [4.78, 5) is 14.3. The van der Waals surface area contributed by atoms with E-state index in [1.54, 1.807) is 0 Å². The molecule has 1 saturated heterocycles. The molecular weight excluding hydrogens is 334 g/mol. The van der Waals surface area contributed by atoms with Crippen molar-refractivity contribution >= 4 is 5.91 Å². The van der Waals surface area contributed by atoms with Crippen molar-refractivity contribution in [2.75, 3.05) is 19.7 Å². The molecule has 1 aromatic rings. The first-order chi connectivity index (χ1) is 13.2. The van der Waals surface area contributed by atoms with Crippen LogP contribution in [-0.2, 0) is 4.79 Å². The molecule has 0 bridgehead atoms. The van der Waals surface area contributed by atoms with Crippen LogP contribution in [0.15, 0.2) is 30.3 Å². The van der Waals surface area contributed by atoms with Gasteiger partial charge in [0.25, 0.3) is 0 Å². The second-order valence-corrected chi connectivity index (χ2v) is 6.93. The number of carbonyl (C=O) groups is 1. The Balaban J connectivity index is 0.00000158. The van der Waals surface area contributed by atoms with Crippen LogP contribution in [0.4, 0.5) is 0 Å². The van der Waals surface area contributed by atoms with Crippen molar-refractivity contribution in [2.24, 2.45) is 11.8 Å². The number of nitrogens with zero attached hydrogens (tertiary/aromatic N) is 1. The molecule has 0 aromatic heterocycles. The molecular formula is C24H43NO2. The van der Waals surface area contributed by atoms with Gasteiger partial charge in [0, 0.05) is 19.5 Å². The summed E-state index contributed by atoms with van der Waals surface area (Å²) in [6.07, 6.45) is 6.08. The molecule has 1 heterocycles. The zero-order valence-electron chi connectivity index (χ0n) is 18.7. The van der Waals surface area contributed by atoms with Crippen molar-refractivity contribution in [1.82, 2.24) is 4.90 Å². The average molecular weight is 378 g/mol. The van der Waals surface area contributed by atoms with Crippen LogP contribution < -0.4 is 4.74 Å². The average Bonchev–Trinajstić information content (AvgIpc) is 2.74. The summed E-state index contributed by atoms with van der Waals surface area (Å²) >= 11 is 0. The van der Waals surface area contributed by atoms with Gasteiger partial charge in [-0.1, -0.05) is 59.7 Å². The minimum absolute atomic E-state index is 0.344. The Bertz CT molecular complexity index is 451. The number of rotatable bonds is 8. The Morgan fingerprint density at radius 2 is 1.59 bits per heavy atom. The Morgan fingerprint density at radius 3 is 2.15 bits per heavy atom. The maximum atomic E-state index is 12.2. The molecule has 0 radical (unpaired) electrons. The van der Waals surface area contributed by atoms with Gasteiger partial charge >= 0.3 is 0 Å². The molecule has 3 heteroatoms. The van der Waals surface area contributed by atoms with Gasteiger partial charge in [-0.25, -0.2) is 0 Å². The number of para-hydroxylation sites is 1. The topological polar surface area (TPSA) is 29.5 Å². The molecule has 0 aliphatic carbocycles. The molecule has 0 N–H and O–H groups in total. The third-order valence-electron chi connectivity index (χ3n) is 4.88. The molecule has 2 rings (SSSR count). The van der Waals surface area contributed by atoms with Crippen LogP contribution in [0.1, 0.15) is 80.1 Å². The highest BCUT2D eigenvalue weighted by atomic mass is 16.5. The Morgan fingerprint density at radius 1 is 1.00 bits per heavy atom. The van der Waals surface area contributed by atoms with E-state index in [1.165, 1.54) is 12.8 Å². The maximum Gasteiger partial charge on any atom is 0.222 e. The molecule has 0 saturated carbocycles. The number of hydrogen-bond donors (Lipinski definition) is 0. The van der Waals surface area contributed by atoms with E-state index in [0.29, 0.717) is 12.3 Å². The third kappa shape index (κ3) is 11.0. The van der Waals surface area contributed by atoms with Crippen molar-refractivity contribution in [1.29, 1.82) is 0 Å². The molecule has 27 heavy (non-hydrogen) atoms. The van der Waals surface area contributed by atoms with Crippen molar-refractivity contribution in [3.8, 4) is 5.75 Å². The number of carbonyl (C=O) groups excluding carboxylic acids is 1. The lowest BCUT2D eigenvalue weighted by Gasteiger charge is -2.34. The SMILES string of the molecule is CC.CC.CC(C)C1CCN(C(=O)CCCCCOc2ccccc2)CC1. The zero-order chi connectivity index (χ0) is 20.5. The molecule has 1 aromatic carbocycles. The van der Waals surface area contributed by atoms with E-state index in [-0.39, 0.29) is 0 Å². The number of benzene rings is 1. The fourth-order valence-electron chi connectivity index (χ4n) is 3.24. The maximum absolute atomic E-state index is 12.2. The summed E-state index contributed by atoms with van der Waals surface area (Å²) in [6.45, 7) is 15.2. The van der Waals surface area contributed by atoms with Crippen LogP contribution in [0, 0.1) is 11.8 Å². The minimum Gasteiger partial charge on any atom is -0.494 e. The summed E-state index contributed by atoms with van der Waals surface area (Å²) in [7, 11) is 0. The lowest BCUT2D eigenvalue weighted by atomic mass is 9.86. The standard InChI is InChI=1S/C20H31NO2.2C2H6/c1-17(2)18-12-14-21(15-13-18)20(22)11-7-4-8-16-23-19-9-5-3-6-10-19;2*1-2/h3,5-6,9-10,17-18H,4,7-8,11-16H2,1-2H3;2*1-2H3. The van der Waals surface area contributed by atoms with E-state index >= 15 is 0 Å². The largest absolute Gasteiger partial charge is 0.494 e. The number of ether oxygens (including phenoxy) is 1. The lowest BCUT2D eigenvalue weighted by molar-refractivity contribution is -0.132. The molecule has 1 aliphatic heterocycles. The van der Waals surface area contributed by atoms with Crippen LogP contribution in [0.3, 0.4) is 0 Å². The van der Waals surface area contributed by atoms with E-state index in [0.717, 1.165) is 56.5 Å². The summed E-state index contributed by atoms with van der Waals surface area (Å²) in [5, 5.41) is 0. The van der Waals surface area contributed by atoms with Crippen LogP contribution in [0.2, 0.25) is 0 Å². The molecule has 1 fully saturated rings. The van der Waals surface area contributed by atoms with E-state index in [9.17, 15) is 4.79 Å². The summed E-state index contributed by atoms with van der Waals surface area (Å²) in [5.74, 6) is 2.82. The predicted octanol–water partition coefficient (Wildman–Crippen LogP) is 6.57. The van der Waals surface area contributed by atoms with Crippen molar-refractivity contribution < 1.29 is 9.53 Å². The van der Waals surface area contributed by atoms with Crippen LogP contribution in [0.25, 0.3) is 0 Å². The molecule has 0 spiro atoms. The second kappa shape index (κ2) is 16.6. The van der Waals surface area contributed by atoms with Gasteiger partial charge in [-0.3, -0.25) is 4.79 Å². The lowest BCUT2D eigenvalue weighted by Crippen LogP contribution is -2.39. The number of likely N-dealkylation sites (tertiary alicyclic amines) is 1. The van der Waals surface area contributed by atoms with Crippen molar-refractivity contribution in [3.63, 3.8) is 0 Å². The number of hydrogen-bond acceptors (Lipinski definition) is 2. The second-order valence-electron chi connectivity index (χ2n) is 6.93. The van der Waals surface area contributed by atoms with Gasteiger partial charge < -0.3 is 9.64 Å². The highest BCUT2D eigenvalue weighted by molar-refractivity contribution is 5.76. The highest BCUT2D eigenvalue weighted by Crippen LogP contribution is 2.24. The first kappa shape index (κ1) is 25.5. The van der Waals surface area contributed by atoms with E-state index in [1.807, 2.05) is 58.0 Å². The quantitative estimate of drug-likeness (QED) is 0.479. The Labute approximate surface area is 168 Å². The molecule has 0 atom stereocenters. The number of unbranched alkanes of at least 4 members (excludes halogenated alkanes) is 2. The van der Waals surface area contributed by atoms with Crippen molar-refractivity contribution in [3.05, 3.63) is 30.3 Å². The van der Waals surface area contributed by atoms with Gasteiger partial charge in [-0.15, -0.1) is 0 Å². The van der Waals surface area contributed by atoms with Crippen LogP contribution in [-0.4, -0.2) is 30.5 Å². The Hall–Kier alpha value is -1.51. The minimum atomic E-state index is 0.344. The predicted molar refractivity (Wildman–Crippen MR) is 117 cm³/mol. The highest BCUT2D eigenvalue weighted by Gasteiger charge is 2.23. The summed E-state index contributed by atoms with van der Waals surface area (Å²) in [5.41, 5.74) is 0. The fourth-order valence-corrected chi connectivity index (χ4v) is 3.24. The molecule has 3 nitrogen and oxygen atoms in total. The van der Waals surface area contributed by atoms with Gasteiger partial charge in [0.1, 0.15) is 5.75 Å². The third-order valence-corrected chi connectivity index (χ3v) is 4.88. The Kier molecular flexibility index (Phi) is 15.7. The normalized spacial score (nSPS) is 14.0. The molecule has 0 unspecified atom stereocenters. The first-order valence-electron chi connectivity index (χ1n) is 11.1. The zero-order valence-corrected chi connectivity index (χ0v) is 18.7. The van der Waals surface area contributed by atoms with Gasteiger partial charge in [-0.2, -0.15) is 0 Å². The molecule has 1 amide bonds. The number of amides is 1. The van der Waals surface area contributed by atoms with E-state index in [2.05, 4.69) is 18.7 Å². The first-order valence-corrected chi connectivity index (χ1v) is 11.1. The molecule has 1 aliphatic rings. The fraction of sp³-hybridized carbons (Fsp3) is 0.708. The van der Waals surface area contributed by atoms with Crippen LogP contribution in [0.5, 0.6) is 5.75 Å². The van der Waals surface area contributed by atoms with Gasteiger partial charge in [0.2, 0.25) is 5.91 Å². The monoisotopic (exact) mass is 377 g/mol. The van der Waals surface area contributed by atoms with Crippen molar-refractivity contribution in [2.45, 2.75) is 80.1 Å². The van der Waals surface area contributed by atoms with Gasteiger partial charge in [-0.05, 0) is 56.1 Å².